The number of benzene rings is 1. The largest absolute Gasteiger partial charge is 0.444 e. The molecule has 1 fully saturated rings. The SMILES string of the molecule is CC(C)(C)OC(=O)Nc1cccc(C2(C)OCCO2)c1. The summed E-state index contributed by atoms with van der Waals surface area (Å²) < 4.78 is 16.4. The van der Waals surface area contributed by atoms with Crippen LogP contribution in [0.25, 0.3) is 0 Å². The number of nitrogens with one attached hydrogen (secondary N) is 1. The van der Waals surface area contributed by atoms with Gasteiger partial charge in [-0.3, -0.25) is 5.32 Å². The molecule has 0 atom stereocenters. The molecule has 0 unspecified atom stereocenters. The third-order valence-corrected chi connectivity index (χ3v) is 2.87. The summed E-state index contributed by atoms with van der Waals surface area (Å²) in [4.78, 5) is 11.7. The van der Waals surface area contributed by atoms with Crippen molar-refractivity contribution in [2.45, 2.75) is 39.1 Å². The van der Waals surface area contributed by atoms with Gasteiger partial charge in [-0.15, -0.1) is 0 Å². The zero-order chi connectivity index (χ0) is 14.8. The molecule has 0 bridgehead atoms. The normalized spacial score (nSPS) is 17.8. The fourth-order valence-electron chi connectivity index (χ4n) is 1.98. The molecule has 0 spiro atoms. The van der Waals surface area contributed by atoms with Crippen LogP contribution >= 0.6 is 0 Å². The van der Waals surface area contributed by atoms with Gasteiger partial charge in [-0.05, 0) is 39.8 Å². The van der Waals surface area contributed by atoms with E-state index in [-0.39, 0.29) is 0 Å². The van der Waals surface area contributed by atoms with E-state index in [4.69, 9.17) is 14.2 Å². The maximum Gasteiger partial charge on any atom is 0.412 e. The molecule has 1 N–H and O–H groups in total. The Hall–Kier alpha value is -1.59. The van der Waals surface area contributed by atoms with Gasteiger partial charge in [0, 0.05) is 11.3 Å². The standard InChI is InChI=1S/C15H21NO4/c1-14(2,3)20-13(17)16-12-7-5-6-11(10-12)15(4)18-8-9-19-15/h5-7,10H,8-9H2,1-4H3,(H,16,17). The predicted molar refractivity (Wildman–Crippen MR) is 75.6 cm³/mol. The quantitative estimate of drug-likeness (QED) is 0.902. The smallest absolute Gasteiger partial charge is 0.412 e. The van der Waals surface area contributed by atoms with Crippen molar-refractivity contribution in [3.63, 3.8) is 0 Å². The zero-order valence-corrected chi connectivity index (χ0v) is 12.4. The fourth-order valence-corrected chi connectivity index (χ4v) is 1.98. The number of carbonyl (C=O) groups excluding carboxylic acids is 1. The molecule has 1 aliphatic rings. The number of amides is 1. The molecule has 1 aromatic rings. The van der Waals surface area contributed by atoms with Crippen LogP contribution in [0.2, 0.25) is 0 Å². The lowest BCUT2D eigenvalue weighted by molar-refractivity contribution is -0.149. The highest BCUT2D eigenvalue weighted by Crippen LogP contribution is 2.32. The molecule has 1 saturated heterocycles. The summed E-state index contributed by atoms with van der Waals surface area (Å²) in [6.07, 6.45) is -0.479. The highest BCUT2D eigenvalue weighted by Gasteiger charge is 2.33. The molecule has 0 saturated carbocycles. The van der Waals surface area contributed by atoms with E-state index < -0.39 is 17.5 Å². The Morgan fingerprint density at radius 1 is 1.30 bits per heavy atom. The van der Waals surface area contributed by atoms with Gasteiger partial charge in [-0.2, -0.15) is 0 Å². The summed E-state index contributed by atoms with van der Waals surface area (Å²) in [7, 11) is 0. The van der Waals surface area contributed by atoms with E-state index in [1.807, 2.05) is 45.9 Å². The minimum absolute atomic E-state index is 0.479. The van der Waals surface area contributed by atoms with Crippen LogP contribution in [-0.2, 0) is 20.0 Å². The fraction of sp³-hybridized carbons (Fsp3) is 0.533. The van der Waals surface area contributed by atoms with Crippen LogP contribution in [0.15, 0.2) is 24.3 Å². The Labute approximate surface area is 119 Å². The molecule has 2 rings (SSSR count). The molecule has 1 amide bonds. The van der Waals surface area contributed by atoms with Gasteiger partial charge >= 0.3 is 6.09 Å². The second kappa shape index (κ2) is 5.42. The van der Waals surface area contributed by atoms with E-state index in [1.165, 1.54) is 0 Å². The van der Waals surface area contributed by atoms with Crippen LogP contribution in [0.3, 0.4) is 0 Å². The van der Waals surface area contributed by atoms with Crippen molar-refractivity contribution in [2.24, 2.45) is 0 Å². The van der Waals surface area contributed by atoms with Crippen LogP contribution in [0.5, 0.6) is 0 Å². The van der Waals surface area contributed by atoms with E-state index in [2.05, 4.69) is 5.32 Å². The van der Waals surface area contributed by atoms with E-state index in [9.17, 15) is 4.79 Å². The van der Waals surface area contributed by atoms with Crippen molar-refractivity contribution in [1.82, 2.24) is 0 Å². The second-order valence-electron chi connectivity index (χ2n) is 5.85. The van der Waals surface area contributed by atoms with Gasteiger partial charge in [0.05, 0.1) is 13.2 Å². The van der Waals surface area contributed by atoms with Gasteiger partial charge < -0.3 is 14.2 Å². The Morgan fingerprint density at radius 2 is 1.95 bits per heavy atom. The molecular weight excluding hydrogens is 258 g/mol. The number of hydrogen-bond acceptors (Lipinski definition) is 4. The van der Waals surface area contributed by atoms with Crippen molar-refractivity contribution in [3.05, 3.63) is 29.8 Å². The van der Waals surface area contributed by atoms with Crippen molar-refractivity contribution in [1.29, 1.82) is 0 Å². The van der Waals surface area contributed by atoms with E-state index in [0.29, 0.717) is 18.9 Å². The first-order valence-electron chi connectivity index (χ1n) is 6.67. The van der Waals surface area contributed by atoms with Crippen molar-refractivity contribution >= 4 is 11.8 Å². The summed E-state index contributed by atoms with van der Waals surface area (Å²) in [5.41, 5.74) is 0.992. The molecule has 1 aliphatic heterocycles. The van der Waals surface area contributed by atoms with Crippen molar-refractivity contribution in [3.8, 4) is 0 Å². The van der Waals surface area contributed by atoms with E-state index >= 15 is 0 Å². The highest BCUT2D eigenvalue weighted by molar-refractivity contribution is 5.84. The number of rotatable bonds is 2. The minimum Gasteiger partial charge on any atom is -0.444 e. The maximum absolute atomic E-state index is 11.7. The third-order valence-electron chi connectivity index (χ3n) is 2.87. The van der Waals surface area contributed by atoms with E-state index in [0.717, 1.165) is 5.56 Å². The summed E-state index contributed by atoms with van der Waals surface area (Å²) in [5, 5.41) is 2.71. The van der Waals surface area contributed by atoms with Gasteiger partial charge in [-0.1, -0.05) is 12.1 Å². The average molecular weight is 279 g/mol. The highest BCUT2D eigenvalue weighted by atomic mass is 16.7. The number of ether oxygens (including phenoxy) is 3. The number of hydrogen-bond donors (Lipinski definition) is 1. The summed E-state index contributed by atoms with van der Waals surface area (Å²) in [5.74, 6) is -0.744. The first kappa shape index (κ1) is 14.8. The van der Waals surface area contributed by atoms with Crippen LogP contribution in [-0.4, -0.2) is 24.9 Å². The lowest BCUT2D eigenvalue weighted by Gasteiger charge is -2.24. The number of anilines is 1. The Morgan fingerprint density at radius 3 is 2.55 bits per heavy atom. The molecule has 0 radical (unpaired) electrons. The molecule has 110 valence electrons. The summed E-state index contributed by atoms with van der Waals surface area (Å²) >= 11 is 0. The van der Waals surface area contributed by atoms with Crippen LogP contribution in [0.4, 0.5) is 10.5 Å². The molecule has 0 aromatic heterocycles. The molecule has 1 heterocycles. The van der Waals surface area contributed by atoms with Gasteiger partial charge in [0.25, 0.3) is 0 Å². The zero-order valence-electron chi connectivity index (χ0n) is 12.4. The lowest BCUT2D eigenvalue weighted by atomic mass is 10.1. The predicted octanol–water partition coefficient (Wildman–Crippen LogP) is 3.25. The van der Waals surface area contributed by atoms with Gasteiger partial charge in [-0.25, -0.2) is 4.79 Å². The van der Waals surface area contributed by atoms with Crippen LogP contribution < -0.4 is 5.32 Å². The lowest BCUT2D eigenvalue weighted by Crippen LogP contribution is -2.27. The monoisotopic (exact) mass is 279 g/mol. The average Bonchev–Trinajstić information content (AvgIpc) is 2.75. The third kappa shape index (κ3) is 3.71. The van der Waals surface area contributed by atoms with Crippen LogP contribution in [0.1, 0.15) is 33.3 Å². The first-order valence-corrected chi connectivity index (χ1v) is 6.67. The van der Waals surface area contributed by atoms with Gasteiger partial charge in [0.2, 0.25) is 0 Å². The van der Waals surface area contributed by atoms with Crippen molar-refractivity contribution < 1.29 is 19.0 Å². The summed E-state index contributed by atoms with van der Waals surface area (Å²) in [6, 6.07) is 7.38. The Balaban J connectivity index is 2.08. The molecular formula is C15H21NO4. The molecule has 0 aliphatic carbocycles. The molecule has 1 aromatic carbocycles. The van der Waals surface area contributed by atoms with E-state index in [1.54, 1.807) is 6.07 Å². The van der Waals surface area contributed by atoms with Gasteiger partial charge in [0.1, 0.15) is 5.60 Å². The first-order chi connectivity index (χ1) is 9.28. The topological polar surface area (TPSA) is 56.8 Å². The Kier molecular flexibility index (Phi) is 4.01. The second-order valence-corrected chi connectivity index (χ2v) is 5.85. The Bertz CT molecular complexity index is 487. The molecule has 5 nitrogen and oxygen atoms in total. The maximum atomic E-state index is 11.7. The van der Waals surface area contributed by atoms with Gasteiger partial charge in [0.15, 0.2) is 5.79 Å². The number of carbonyl (C=O) groups is 1. The van der Waals surface area contributed by atoms with Crippen molar-refractivity contribution in [2.75, 3.05) is 18.5 Å². The minimum atomic E-state index is -0.744. The summed E-state index contributed by atoms with van der Waals surface area (Å²) in [6.45, 7) is 8.48. The van der Waals surface area contributed by atoms with Crippen LogP contribution in [0, 0.1) is 0 Å². The molecule has 20 heavy (non-hydrogen) atoms. The molecule has 5 heteroatoms.